The summed E-state index contributed by atoms with van der Waals surface area (Å²) in [4.78, 5) is 44.2. The molecule has 2 saturated heterocycles. The van der Waals surface area contributed by atoms with Crippen molar-refractivity contribution in [3.63, 3.8) is 0 Å². The van der Waals surface area contributed by atoms with Crippen LogP contribution >= 0.6 is 11.6 Å². The first kappa shape index (κ1) is 28.8. The van der Waals surface area contributed by atoms with E-state index in [-0.39, 0.29) is 36.3 Å². The third kappa shape index (κ3) is 6.80. The lowest BCUT2D eigenvalue weighted by atomic mass is 10.0. The van der Waals surface area contributed by atoms with Gasteiger partial charge in [-0.25, -0.2) is 0 Å². The number of likely N-dealkylation sites (tertiary alicyclic amines) is 1. The van der Waals surface area contributed by atoms with Crippen LogP contribution < -0.4 is 5.32 Å². The molecule has 3 amide bonds. The van der Waals surface area contributed by atoms with E-state index in [1.54, 1.807) is 34.1 Å². The van der Waals surface area contributed by atoms with E-state index in [2.05, 4.69) is 19.2 Å². The minimum atomic E-state index is -0.961. The fourth-order valence-electron chi connectivity index (χ4n) is 5.71. The van der Waals surface area contributed by atoms with Crippen molar-refractivity contribution in [2.24, 2.45) is 5.92 Å². The highest BCUT2D eigenvalue weighted by Crippen LogP contribution is 2.30. The Hall–Kier alpha value is -3.68. The van der Waals surface area contributed by atoms with Gasteiger partial charge in [0.1, 0.15) is 6.04 Å². The molecule has 0 spiro atoms. The van der Waals surface area contributed by atoms with Gasteiger partial charge in [0.05, 0.1) is 25.2 Å². The maximum absolute atomic E-state index is 14.1. The molecule has 0 saturated carbocycles. The molecular formula is C33H36ClN3O4. The number of nitrogens with zero attached hydrogens (tertiary/aromatic N) is 2. The van der Waals surface area contributed by atoms with Gasteiger partial charge in [0.15, 0.2) is 0 Å². The summed E-state index contributed by atoms with van der Waals surface area (Å²) < 4.78 is 6.03. The molecule has 8 heteroatoms. The second kappa shape index (κ2) is 12.9. The van der Waals surface area contributed by atoms with Crippen LogP contribution in [0.2, 0.25) is 5.02 Å². The Bertz CT molecular complexity index is 1380. The zero-order valence-corrected chi connectivity index (χ0v) is 24.2. The van der Waals surface area contributed by atoms with E-state index >= 15 is 0 Å². The number of hydrogen-bond acceptors (Lipinski definition) is 4. The summed E-state index contributed by atoms with van der Waals surface area (Å²) >= 11 is 6.53. The van der Waals surface area contributed by atoms with Crippen molar-refractivity contribution in [1.82, 2.24) is 15.1 Å². The number of benzene rings is 3. The predicted molar refractivity (Wildman–Crippen MR) is 159 cm³/mol. The lowest BCUT2D eigenvalue weighted by Crippen LogP contribution is -2.56. The van der Waals surface area contributed by atoms with Crippen LogP contribution in [0.15, 0.2) is 78.9 Å². The molecule has 0 aliphatic carbocycles. The number of carbonyl (C=O) groups excluding carboxylic acids is 3. The van der Waals surface area contributed by atoms with E-state index in [1.165, 1.54) is 5.56 Å². The van der Waals surface area contributed by atoms with Crippen molar-refractivity contribution in [2.75, 3.05) is 26.2 Å². The Morgan fingerprint density at radius 1 is 0.927 bits per heavy atom. The Morgan fingerprint density at radius 2 is 1.63 bits per heavy atom. The van der Waals surface area contributed by atoms with Crippen LogP contribution in [-0.2, 0) is 27.2 Å². The maximum atomic E-state index is 14.1. The SMILES string of the molecule is CC(C)Cc1ccc(C(=O)N2C[C@H]3OCCN(C(=O)[C@H](NC(=O)Cc4ccccc4)c4ccccc4Cl)[C@H]3C2)cc1. The number of rotatable bonds is 8. The molecule has 2 aliphatic rings. The number of morpholine rings is 1. The molecule has 2 fully saturated rings. The highest BCUT2D eigenvalue weighted by Gasteiger charge is 2.45. The summed E-state index contributed by atoms with van der Waals surface area (Å²) in [5, 5.41) is 3.34. The van der Waals surface area contributed by atoms with Crippen molar-refractivity contribution in [3.05, 3.63) is 106 Å². The summed E-state index contributed by atoms with van der Waals surface area (Å²) in [7, 11) is 0. The van der Waals surface area contributed by atoms with E-state index in [1.807, 2.05) is 54.6 Å². The Labute approximate surface area is 246 Å². The van der Waals surface area contributed by atoms with Crippen molar-refractivity contribution >= 4 is 29.3 Å². The maximum Gasteiger partial charge on any atom is 0.254 e. The van der Waals surface area contributed by atoms with Gasteiger partial charge in [0.2, 0.25) is 11.8 Å². The number of nitrogens with one attached hydrogen (secondary N) is 1. The number of ether oxygens (including phenoxy) is 1. The van der Waals surface area contributed by atoms with Gasteiger partial charge in [-0.1, -0.05) is 86.1 Å². The van der Waals surface area contributed by atoms with Gasteiger partial charge in [0.25, 0.3) is 5.91 Å². The topological polar surface area (TPSA) is 79.0 Å². The minimum absolute atomic E-state index is 0.0784. The van der Waals surface area contributed by atoms with Crippen molar-refractivity contribution < 1.29 is 19.1 Å². The summed E-state index contributed by atoms with van der Waals surface area (Å²) in [5.41, 5.74) is 3.21. The van der Waals surface area contributed by atoms with Crippen molar-refractivity contribution in [3.8, 4) is 0 Å². The molecule has 3 aromatic carbocycles. The van der Waals surface area contributed by atoms with E-state index in [4.69, 9.17) is 16.3 Å². The van der Waals surface area contributed by atoms with Gasteiger partial charge < -0.3 is 19.9 Å². The van der Waals surface area contributed by atoms with Crippen molar-refractivity contribution in [1.29, 1.82) is 0 Å². The molecule has 41 heavy (non-hydrogen) atoms. The average Bonchev–Trinajstić information content (AvgIpc) is 3.41. The highest BCUT2D eigenvalue weighted by atomic mass is 35.5. The summed E-state index contributed by atoms with van der Waals surface area (Å²) in [6.45, 7) is 5.81. The van der Waals surface area contributed by atoms with Gasteiger partial charge in [-0.3, -0.25) is 14.4 Å². The molecule has 214 valence electrons. The van der Waals surface area contributed by atoms with Crippen LogP contribution in [0, 0.1) is 5.92 Å². The lowest BCUT2D eigenvalue weighted by Gasteiger charge is -2.38. The molecule has 0 aromatic heterocycles. The van der Waals surface area contributed by atoms with Crippen LogP contribution in [0.25, 0.3) is 0 Å². The van der Waals surface area contributed by atoms with Crippen molar-refractivity contribution in [2.45, 2.75) is 44.9 Å². The van der Waals surface area contributed by atoms with Gasteiger partial charge in [0, 0.05) is 35.8 Å². The zero-order chi connectivity index (χ0) is 28.9. The average molecular weight is 574 g/mol. The monoisotopic (exact) mass is 573 g/mol. The molecule has 5 rings (SSSR count). The number of fused-ring (bicyclic) bond motifs is 1. The molecule has 0 bridgehead atoms. The van der Waals surface area contributed by atoms with E-state index < -0.39 is 6.04 Å². The number of carbonyl (C=O) groups is 3. The zero-order valence-electron chi connectivity index (χ0n) is 23.5. The van der Waals surface area contributed by atoms with E-state index in [0.717, 1.165) is 12.0 Å². The van der Waals surface area contributed by atoms with Gasteiger partial charge >= 0.3 is 0 Å². The second-order valence-corrected chi connectivity index (χ2v) is 11.6. The third-order valence-corrected chi connectivity index (χ3v) is 8.04. The van der Waals surface area contributed by atoms with Crippen LogP contribution in [0.5, 0.6) is 0 Å². The highest BCUT2D eigenvalue weighted by molar-refractivity contribution is 6.31. The molecule has 2 heterocycles. The molecule has 3 aromatic rings. The van der Waals surface area contributed by atoms with Gasteiger partial charge in [-0.15, -0.1) is 0 Å². The first-order valence-electron chi connectivity index (χ1n) is 14.2. The fraction of sp³-hybridized carbons (Fsp3) is 0.364. The predicted octanol–water partition coefficient (Wildman–Crippen LogP) is 4.69. The molecular weight excluding hydrogens is 538 g/mol. The van der Waals surface area contributed by atoms with E-state index in [0.29, 0.717) is 48.3 Å². The summed E-state index contributed by atoms with van der Waals surface area (Å²) in [6, 6.07) is 22.9. The standard InChI is InChI=1S/C33H36ClN3O4/c1-22(2)18-24-12-14-25(15-13-24)32(39)36-20-28-29(21-36)41-17-16-37(28)33(40)31(26-10-6-7-11-27(26)34)35-30(38)19-23-8-4-3-5-9-23/h3-15,22,28-29,31H,16-21H2,1-2H3,(H,35,38)/t28-,29+,31+/m0/s1. The number of halogens is 1. The lowest BCUT2D eigenvalue weighted by molar-refractivity contribution is -0.146. The van der Waals surface area contributed by atoms with Crippen LogP contribution in [0.1, 0.15) is 46.9 Å². The third-order valence-electron chi connectivity index (χ3n) is 7.69. The Balaban J connectivity index is 1.33. The number of amides is 3. The molecule has 0 radical (unpaired) electrons. The smallest absolute Gasteiger partial charge is 0.254 e. The number of hydrogen-bond donors (Lipinski definition) is 1. The summed E-state index contributed by atoms with van der Waals surface area (Å²) in [5.74, 6) is -0.0736. The molecule has 7 nitrogen and oxygen atoms in total. The first-order chi connectivity index (χ1) is 19.8. The fourth-order valence-corrected chi connectivity index (χ4v) is 5.95. The minimum Gasteiger partial charge on any atom is -0.372 e. The van der Waals surface area contributed by atoms with Crippen LogP contribution in [-0.4, -0.2) is 65.9 Å². The Kier molecular flexibility index (Phi) is 9.06. The normalized spacial score (nSPS) is 19.1. The van der Waals surface area contributed by atoms with Crippen LogP contribution in [0.4, 0.5) is 0 Å². The second-order valence-electron chi connectivity index (χ2n) is 11.2. The molecule has 3 atom stereocenters. The largest absolute Gasteiger partial charge is 0.372 e. The van der Waals surface area contributed by atoms with Gasteiger partial charge in [-0.2, -0.15) is 0 Å². The molecule has 2 aliphatic heterocycles. The van der Waals surface area contributed by atoms with Gasteiger partial charge in [-0.05, 0) is 41.7 Å². The summed E-state index contributed by atoms with van der Waals surface area (Å²) in [6.07, 6.45) is 0.799. The van der Waals surface area contributed by atoms with Crippen LogP contribution in [0.3, 0.4) is 0 Å². The molecule has 1 N–H and O–H groups in total. The first-order valence-corrected chi connectivity index (χ1v) is 14.6. The van der Waals surface area contributed by atoms with E-state index in [9.17, 15) is 14.4 Å². The Morgan fingerprint density at radius 3 is 2.34 bits per heavy atom. The molecule has 0 unspecified atom stereocenters. The quantitative estimate of drug-likeness (QED) is 0.424.